The Morgan fingerprint density at radius 3 is 2.88 bits per heavy atom. The number of esters is 1. The Morgan fingerprint density at radius 1 is 1.76 bits per heavy atom. The summed E-state index contributed by atoms with van der Waals surface area (Å²) in [7, 11) is 0. The molecule has 2 atom stereocenters. The highest BCUT2D eigenvalue weighted by Crippen LogP contribution is 2.28. The van der Waals surface area contributed by atoms with Crippen LogP contribution >= 0.6 is 11.3 Å². The molecule has 0 amide bonds. The molecule has 6 nitrogen and oxygen atoms in total. The normalized spacial score (nSPS) is 14.1. The molecule has 2 N–H and O–H groups in total. The summed E-state index contributed by atoms with van der Waals surface area (Å²) in [6.45, 7) is 1.60. The number of hydrogen-bond donors (Lipinski definition) is 1. The number of rotatable bonds is 5. The third-order valence-electron chi connectivity index (χ3n) is 2.00. The first-order valence-corrected chi connectivity index (χ1v) is 5.64. The lowest BCUT2D eigenvalue weighted by molar-refractivity contribution is -0.380. The monoisotopic (exact) mass is 262 g/mol. The van der Waals surface area contributed by atoms with Crippen molar-refractivity contribution in [1.29, 1.82) is 0 Å². The van der Waals surface area contributed by atoms with Gasteiger partial charge in [0.25, 0.3) is 0 Å². The Bertz CT molecular complexity index is 423. The average molecular weight is 262 g/mol. The molecule has 1 heterocycles. The van der Waals surface area contributed by atoms with Gasteiger partial charge in [-0.15, -0.1) is 0 Å². The van der Waals surface area contributed by atoms with Crippen molar-refractivity contribution in [2.45, 2.75) is 19.1 Å². The van der Waals surface area contributed by atoms with Gasteiger partial charge in [0.05, 0.1) is 17.6 Å². The smallest absolute Gasteiger partial charge is 0.342 e. The number of nitrogens with two attached hydrogens (primary N) is 1. The molecule has 1 rings (SSSR count). The predicted molar refractivity (Wildman–Crippen MR) is 59.4 cm³/mol. The van der Waals surface area contributed by atoms with Gasteiger partial charge in [0.2, 0.25) is 6.17 Å². The molecule has 8 heteroatoms. The lowest BCUT2D eigenvalue weighted by Gasteiger charge is -2.13. The molecule has 1 aromatic heterocycles. The number of hydrogen-bond acceptors (Lipinski definition) is 6. The lowest BCUT2D eigenvalue weighted by atomic mass is 10.1. The first-order valence-electron chi connectivity index (χ1n) is 4.76. The second-order valence-electron chi connectivity index (χ2n) is 3.15. The van der Waals surface area contributed by atoms with Gasteiger partial charge in [-0.05, 0) is 12.5 Å². The maximum atomic E-state index is 13.5. The van der Waals surface area contributed by atoms with Crippen molar-refractivity contribution < 1.29 is 18.8 Å². The number of thiophene rings is 1. The van der Waals surface area contributed by atoms with E-state index in [-0.39, 0.29) is 17.2 Å². The zero-order chi connectivity index (χ0) is 13.0. The Labute approximate surface area is 100 Å². The van der Waals surface area contributed by atoms with Crippen LogP contribution in [0.25, 0.3) is 0 Å². The van der Waals surface area contributed by atoms with E-state index in [0.717, 1.165) is 17.4 Å². The maximum Gasteiger partial charge on any atom is 0.342 e. The standard InChI is InChI=1S/C9H11FN2O4S/c1-2-16-9(13)7(10)8(11)5-3-6(12(14)15)17-4-5/h3-4,7-8H,2,11H2,1H3/t7?,8-/m1/s1. The number of carbonyl (C=O) groups excluding carboxylic acids is 1. The summed E-state index contributed by atoms with van der Waals surface area (Å²) in [5.74, 6) is -1.06. The van der Waals surface area contributed by atoms with Crippen molar-refractivity contribution in [3.8, 4) is 0 Å². The first kappa shape index (κ1) is 13.5. The van der Waals surface area contributed by atoms with Crippen LogP contribution in [0.5, 0.6) is 0 Å². The molecule has 0 saturated heterocycles. The van der Waals surface area contributed by atoms with Crippen LogP contribution in [0.4, 0.5) is 9.39 Å². The molecule has 0 fully saturated rings. The van der Waals surface area contributed by atoms with Gasteiger partial charge in [-0.3, -0.25) is 10.1 Å². The molecule has 0 aliphatic heterocycles. The summed E-state index contributed by atoms with van der Waals surface area (Å²) < 4.78 is 18.0. The molecule has 0 aliphatic carbocycles. The Balaban J connectivity index is 2.77. The van der Waals surface area contributed by atoms with E-state index in [1.165, 1.54) is 5.38 Å². The third kappa shape index (κ3) is 3.21. The van der Waals surface area contributed by atoms with Crippen LogP contribution in [-0.4, -0.2) is 23.7 Å². The highest BCUT2D eigenvalue weighted by Gasteiger charge is 2.29. The lowest BCUT2D eigenvalue weighted by Crippen LogP contribution is -2.31. The molecule has 17 heavy (non-hydrogen) atoms. The molecular weight excluding hydrogens is 251 g/mol. The predicted octanol–water partition coefficient (Wildman–Crippen LogP) is 1.56. The molecule has 1 aromatic rings. The fraction of sp³-hybridized carbons (Fsp3) is 0.444. The second kappa shape index (κ2) is 5.69. The SMILES string of the molecule is CCOC(=O)C(F)[C@H](N)c1csc([N+](=O)[O-])c1. The largest absolute Gasteiger partial charge is 0.464 e. The van der Waals surface area contributed by atoms with Gasteiger partial charge in [0, 0.05) is 11.4 Å². The molecule has 0 bridgehead atoms. The Morgan fingerprint density at radius 2 is 2.41 bits per heavy atom. The summed E-state index contributed by atoms with van der Waals surface area (Å²) >= 11 is 0.831. The van der Waals surface area contributed by atoms with Gasteiger partial charge in [-0.2, -0.15) is 0 Å². The van der Waals surface area contributed by atoms with Crippen LogP contribution in [0, 0.1) is 10.1 Å². The minimum atomic E-state index is -2.02. The minimum Gasteiger partial charge on any atom is -0.464 e. The minimum absolute atomic E-state index is 0.0513. The number of nitrogens with zero attached hydrogens (tertiary/aromatic N) is 1. The average Bonchev–Trinajstić information content (AvgIpc) is 2.76. The van der Waals surface area contributed by atoms with Crippen LogP contribution in [0.1, 0.15) is 18.5 Å². The van der Waals surface area contributed by atoms with Gasteiger partial charge in [0.1, 0.15) is 0 Å². The summed E-state index contributed by atoms with van der Waals surface area (Å²) in [5, 5.41) is 11.6. The number of alkyl halides is 1. The Kier molecular flexibility index (Phi) is 4.53. The summed E-state index contributed by atoms with van der Waals surface area (Å²) in [5.41, 5.74) is 5.70. The van der Waals surface area contributed by atoms with Crippen LogP contribution in [0.3, 0.4) is 0 Å². The third-order valence-corrected chi connectivity index (χ3v) is 2.90. The highest BCUT2D eigenvalue weighted by atomic mass is 32.1. The molecule has 0 spiro atoms. The van der Waals surface area contributed by atoms with Crippen LogP contribution in [0.15, 0.2) is 11.4 Å². The fourth-order valence-electron chi connectivity index (χ4n) is 1.15. The van der Waals surface area contributed by atoms with E-state index in [2.05, 4.69) is 4.74 Å². The first-order chi connectivity index (χ1) is 7.97. The highest BCUT2D eigenvalue weighted by molar-refractivity contribution is 7.13. The summed E-state index contributed by atoms with van der Waals surface area (Å²) in [6, 6.07) is -0.0970. The zero-order valence-electron chi connectivity index (χ0n) is 8.96. The topological polar surface area (TPSA) is 95.5 Å². The van der Waals surface area contributed by atoms with Gasteiger partial charge in [0.15, 0.2) is 0 Å². The van der Waals surface area contributed by atoms with Gasteiger partial charge in [-0.25, -0.2) is 9.18 Å². The van der Waals surface area contributed by atoms with Crippen LogP contribution in [0.2, 0.25) is 0 Å². The van der Waals surface area contributed by atoms with Crippen molar-refractivity contribution in [3.05, 3.63) is 27.1 Å². The molecular formula is C9H11FN2O4S. The van der Waals surface area contributed by atoms with E-state index in [0.29, 0.717) is 0 Å². The van der Waals surface area contributed by atoms with Crippen LogP contribution in [-0.2, 0) is 9.53 Å². The van der Waals surface area contributed by atoms with E-state index in [4.69, 9.17) is 5.73 Å². The van der Waals surface area contributed by atoms with E-state index in [1.54, 1.807) is 6.92 Å². The van der Waals surface area contributed by atoms with Gasteiger partial charge < -0.3 is 10.5 Å². The summed E-state index contributed by atoms with van der Waals surface area (Å²) in [4.78, 5) is 20.9. The van der Waals surface area contributed by atoms with E-state index in [1.807, 2.05) is 0 Å². The molecule has 94 valence electrons. The molecule has 0 aromatic carbocycles. The second-order valence-corrected chi connectivity index (χ2v) is 4.04. The van der Waals surface area contributed by atoms with Gasteiger partial charge >= 0.3 is 11.0 Å². The molecule has 0 saturated carbocycles. The molecule has 1 unspecified atom stereocenters. The van der Waals surface area contributed by atoms with Crippen molar-refractivity contribution >= 4 is 22.3 Å². The number of ether oxygens (including phenoxy) is 1. The zero-order valence-corrected chi connectivity index (χ0v) is 9.78. The maximum absolute atomic E-state index is 13.5. The van der Waals surface area contributed by atoms with Crippen molar-refractivity contribution in [2.75, 3.05) is 6.61 Å². The number of nitro groups is 1. The van der Waals surface area contributed by atoms with Crippen molar-refractivity contribution in [2.24, 2.45) is 5.73 Å². The quantitative estimate of drug-likeness (QED) is 0.493. The van der Waals surface area contributed by atoms with E-state index < -0.39 is 23.1 Å². The number of halogens is 1. The molecule has 0 radical (unpaired) electrons. The van der Waals surface area contributed by atoms with Gasteiger partial charge in [-0.1, -0.05) is 11.3 Å². The Hall–Kier alpha value is -1.54. The van der Waals surface area contributed by atoms with Crippen molar-refractivity contribution in [1.82, 2.24) is 0 Å². The summed E-state index contributed by atoms with van der Waals surface area (Å²) in [6.07, 6.45) is -2.02. The van der Waals surface area contributed by atoms with E-state index in [9.17, 15) is 19.3 Å². The molecule has 0 aliphatic rings. The number of carbonyl (C=O) groups is 1. The van der Waals surface area contributed by atoms with Crippen LogP contribution < -0.4 is 5.73 Å². The fourth-order valence-corrected chi connectivity index (χ4v) is 1.92. The van der Waals surface area contributed by atoms with Crippen molar-refractivity contribution in [3.63, 3.8) is 0 Å². The van der Waals surface area contributed by atoms with E-state index >= 15 is 0 Å².